The number of carboxylic acids is 1. The molecular weight excluding hydrogens is 440 g/mol. The number of hydrogen-bond donors (Lipinski definition) is 2. The lowest BCUT2D eigenvalue weighted by Crippen LogP contribution is -2.44. The largest absolute Gasteiger partial charge is 0.480 e. The van der Waals surface area contributed by atoms with Gasteiger partial charge in [0.25, 0.3) is 0 Å². The predicted molar refractivity (Wildman–Crippen MR) is 117 cm³/mol. The van der Waals surface area contributed by atoms with Gasteiger partial charge in [0.1, 0.15) is 6.04 Å². The first-order valence-corrected chi connectivity index (χ1v) is 13.3. The monoisotopic (exact) mass is 464 g/mol. The number of nitrogens with zero attached hydrogens (tertiary/aromatic N) is 1. The van der Waals surface area contributed by atoms with Crippen LogP contribution in [0.4, 0.5) is 5.69 Å². The summed E-state index contributed by atoms with van der Waals surface area (Å²) in [5.41, 5.74) is 1.99. The minimum Gasteiger partial charge on any atom is -0.480 e. The van der Waals surface area contributed by atoms with Gasteiger partial charge in [-0.15, -0.1) is 0 Å². The van der Waals surface area contributed by atoms with Gasteiger partial charge in [-0.3, -0.25) is 9.52 Å². The van der Waals surface area contributed by atoms with Crippen LogP contribution in [0.25, 0.3) is 11.1 Å². The normalized spacial score (nSPS) is 24.1. The van der Waals surface area contributed by atoms with Crippen LogP contribution in [0.1, 0.15) is 25.7 Å². The van der Waals surface area contributed by atoms with E-state index >= 15 is 0 Å². The zero-order valence-corrected chi connectivity index (χ0v) is 18.6. The Kier molecular flexibility index (Phi) is 5.57. The summed E-state index contributed by atoms with van der Waals surface area (Å²) in [6, 6.07) is 11.8. The number of hydrogen-bond acceptors (Lipinski definition) is 5. The Labute approximate surface area is 182 Å². The van der Waals surface area contributed by atoms with E-state index in [0.29, 0.717) is 18.5 Å². The van der Waals surface area contributed by atoms with Gasteiger partial charge in [-0.1, -0.05) is 30.7 Å². The van der Waals surface area contributed by atoms with Crippen molar-refractivity contribution in [3.8, 4) is 11.1 Å². The quantitative estimate of drug-likeness (QED) is 0.678. The highest BCUT2D eigenvalue weighted by Crippen LogP contribution is 2.44. The molecule has 8 nitrogen and oxygen atoms in total. The van der Waals surface area contributed by atoms with E-state index in [2.05, 4.69) is 4.72 Å². The van der Waals surface area contributed by atoms with Crippen LogP contribution in [0.3, 0.4) is 0 Å². The molecule has 2 N–H and O–H groups in total. The van der Waals surface area contributed by atoms with E-state index in [1.165, 1.54) is 16.4 Å². The van der Waals surface area contributed by atoms with Crippen molar-refractivity contribution in [2.45, 2.75) is 42.7 Å². The Morgan fingerprint density at radius 1 is 0.968 bits per heavy atom. The highest BCUT2D eigenvalue weighted by Gasteiger charge is 2.52. The number of carboxylic acid groups (broad SMARTS) is 1. The van der Waals surface area contributed by atoms with E-state index < -0.39 is 32.1 Å². The number of aliphatic carboxylic acids is 1. The molecule has 0 amide bonds. The Balaban J connectivity index is 1.59. The van der Waals surface area contributed by atoms with Gasteiger partial charge in [-0.2, -0.15) is 4.31 Å². The maximum absolute atomic E-state index is 13.3. The van der Waals surface area contributed by atoms with Crippen LogP contribution in [0.15, 0.2) is 53.4 Å². The van der Waals surface area contributed by atoms with E-state index in [1.807, 2.05) is 0 Å². The minimum atomic E-state index is -3.94. The lowest BCUT2D eigenvalue weighted by atomic mass is 10.0. The summed E-state index contributed by atoms with van der Waals surface area (Å²) in [5, 5.41) is 9.59. The molecular formula is C21H24N2O6S2. The van der Waals surface area contributed by atoms with Crippen LogP contribution in [0, 0.1) is 5.92 Å². The Morgan fingerprint density at radius 2 is 1.55 bits per heavy atom. The molecule has 31 heavy (non-hydrogen) atoms. The number of rotatable bonds is 6. The average molecular weight is 465 g/mol. The van der Waals surface area contributed by atoms with E-state index in [-0.39, 0.29) is 16.9 Å². The molecule has 0 radical (unpaired) electrons. The number of anilines is 1. The van der Waals surface area contributed by atoms with Gasteiger partial charge < -0.3 is 5.11 Å². The van der Waals surface area contributed by atoms with Crippen LogP contribution in [-0.4, -0.2) is 50.6 Å². The van der Waals surface area contributed by atoms with Crippen LogP contribution >= 0.6 is 0 Å². The number of benzene rings is 2. The zero-order chi connectivity index (χ0) is 22.4. The van der Waals surface area contributed by atoms with E-state index in [1.54, 1.807) is 36.4 Å². The van der Waals surface area contributed by atoms with Crippen LogP contribution in [-0.2, 0) is 24.8 Å². The molecule has 4 rings (SSSR count). The maximum atomic E-state index is 13.3. The van der Waals surface area contributed by atoms with Crippen molar-refractivity contribution in [1.82, 2.24) is 4.31 Å². The third-order valence-electron chi connectivity index (χ3n) is 6.02. The fourth-order valence-electron chi connectivity index (χ4n) is 4.69. The summed E-state index contributed by atoms with van der Waals surface area (Å²) in [6.07, 6.45) is 3.91. The smallest absolute Gasteiger partial charge is 0.322 e. The van der Waals surface area contributed by atoms with Crippen LogP contribution in [0.5, 0.6) is 0 Å². The van der Waals surface area contributed by atoms with Gasteiger partial charge in [-0.25, -0.2) is 16.8 Å². The predicted octanol–water partition coefficient (Wildman–Crippen LogP) is 2.74. The molecule has 1 saturated carbocycles. The van der Waals surface area contributed by atoms with Gasteiger partial charge in [0, 0.05) is 11.7 Å². The number of sulfonamides is 2. The summed E-state index contributed by atoms with van der Waals surface area (Å²) in [7, 11) is -7.30. The first-order chi connectivity index (χ1) is 14.6. The van der Waals surface area contributed by atoms with Gasteiger partial charge in [0.2, 0.25) is 20.0 Å². The van der Waals surface area contributed by atoms with Gasteiger partial charge in [-0.05, 0) is 60.6 Å². The summed E-state index contributed by atoms with van der Waals surface area (Å²) in [6.45, 7) is 0. The molecule has 166 valence electrons. The molecule has 1 aliphatic heterocycles. The first kappa shape index (κ1) is 21.8. The molecule has 0 bridgehead atoms. The van der Waals surface area contributed by atoms with Crippen molar-refractivity contribution in [2.24, 2.45) is 5.92 Å². The van der Waals surface area contributed by atoms with Crippen molar-refractivity contribution in [2.75, 3.05) is 11.0 Å². The van der Waals surface area contributed by atoms with Crippen molar-refractivity contribution in [3.05, 3.63) is 48.5 Å². The lowest BCUT2D eigenvalue weighted by Gasteiger charge is -2.26. The number of fused-ring (bicyclic) bond motifs is 1. The fourth-order valence-corrected chi connectivity index (χ4v) is 7.12. The standard InChI is InChI=1S/C21H24N2O6S2/c1-30(26,27)22-17-9-5-14(6-10-17)15-7-11-18(12-8-15)31(28,29)23-19-4-2-3-16(19)13-20(23)21(24)25/h5-12,16,19-20,22H,2-4,13H2,1H3,(H,24,25). The third-order valence-corrected chi connectivity index (χ3v) is 8.57. The molecule has 0 aromatic heterocycles. The summed E-state index contributed by atoms with van der Waals surface area (Å²) < 4.78 is 52.9. The third kappa shape index (κ3) is 4.32. The number of carbonyl (C=O) groups is 1. The second-order valence-electron chi connectivity index (χ2n) is 8.16. The summed E-state index contributed by atoms with van der Waals surface area (Å²) >= 11 is 0. The highest BCUT2D eigenvalue weighted by molar-refractivity contribution is 7.92. The Bertz CT molecular complexity index is 1190. The molecule has 2 aromatic carbocycles. The molecule has 1 heterocycles. The summed E-state index contributed by atoms with van der Waals surface area (Å²) in [5.74, 6) is -0.994. The lowest BCUT2D eigenvalue weighted by molar-refractivity contribution is -0.141. The molecule has 3 unspecified atom stereocenters. The minimum absolute atomic E-state index is 0.0745. The maximum Gasteiger partial charge on any atom is 0.322 e. The molecule has 3 atom stereocenters. The topological polar surface area (TPSA) is 121 Å². The second-order valence-corrected chi connectivity index (χ2v) is 11.8. The van der Waals surface area contributed by atoms with Crippen molar-refractivity contribution in [1.29, 1.82) is 0 Å². The second kappa shape index (κ2) is 7.92. The highest BCUT2D eigenvalue weighted by atomic mass is 32.2. The van der Waals surface area contributed by atoms with Crippen LogP contribution in [0.2, 0.25) is 0 Å². The Hall–Kier alpha value is -2.43. The summed E-state index contributed by atoms with van der Waals surface area (Å²) in [4.78, 5) is 11.8. The van der Waals surface area contributed by atoms with Crippen molar-refractivity contribution >= 4 is 31.7 Å². The number of nitrogens with one attached hydrogen (secondary N) is 1. The molecule has 1 saturated heterocycles. The van der Waals surface area contributed by atoms with Gasteiger partial charge in [0.05, 0.1) is 11.2 Å². The molecule has 0 spiro atoms. The SMILES string of the molecule is CS(=O)(=O)Nc1ccc(-c2ccc(S(=O)(=O)N3C(C(=O)O)CC4CCCC43)cc2)cc1. The first-order valence-electron chi connectivity index (χ1n) is 10.0. The molecule has 2 aliphatic rings. The van der Waals surface area contributed by atoms with Crippen molar-refractivity contribution < 1.29 is 26.7 Å². The molecule has 2 fully saturated rings. The fraction of sp³-hybridized carbons (Fsp3) is 0.381. The van der Waals surface area contributed by atoms with Gasteiger partial charge >= 0.3 is 5.97 Å². The zero-order valence-electron chi connectivity index (χ0n) is 16.9. The molecule has 2 aromatic rings. The average Bonchev–Trinajstić information content (AvgIpc) is 3.28. The van der Waals surface area contributed by atoms with Crippen LogP contribution < -0.4 is 4.72 Å². The van der Waals surface area contributed by atoms with Gasteiger partial charge in [0.15, 0.2) is 0 Å². The molecule has 10 heteroatoms. The molecule has 1 aliphatic carbocycles. The van der Waals surface area contributed by atoms with E-state index in [0.717, 1.165) is 30.2 Å². The van der Waals surface area contributed by atoms with E-state index in [9.17, 15) is 26.7 Å². The van der Waals surface area contributed by atoms with Crippen molar-refractivity contribution in [3.63, 3.8) is 0 Å². The Morgan fingerprint density at radius 3 is 2.10 bits per heavy atom. The van der Waals surface area contributed by atoms with E-state index in [4.69, 9.17) is 0 Å².